The molecule has 0 aromatic carbocycles. The van der Waals surface area contributed by atoms with Crippen molar-refractivity contribution in [1.29, 1.82) is 0 Å². The van der Waals surface area contributed by atoms with Crippen molar-refractivity contribution < 1.29 is 23.8 Å². The number of methoxy groups -OCH3 is 1. The highest BCUT2D eigenvalue weighted by atomic mass is 16.5. The molecule has 0 aromatic rings. The van der Waals surface area contributed by atoms with Crippen LogP contribution in [0, 0.1) is 5.92 Å². The van der Waals surface area contributed by atoms with E-state index in [4.69, 9.17) is 19.9 Å². The zero-order chi connectivity index (χ0) is 14.1. The summed E-state index contributed by atoms with van der Waals surface area (Å²) in [5.41, 5.74) is 5.18. The predicted octanol–water partition coefficient (Wildman–Crippen LogP) is -1.00. The summed E-state index contributed by atoms with van der Waals surface area (Å²) in [7, 11) is 1.62. The highest BCUT2D eigenvalue weighted by Gasteiger charge is 2.32. The summed E-state index contributed by atoms with van der Waals surface area (Å²) in [6, 6.07) is 0. The van der Waals surface area contributed by atoms with Gasteiger partial charge in [-0.15, -0.1) is 0 Å². The van der Waals surface area contributed by atoms with Crippen molar-refractivity contribution in [2.24, 2.45) is 11.7 Å². The smallest absolute Gasteiger partial charge is 0.223 e. The number of ether oxygens (including phenoxy) is 3. The zero-order valence-electron chi connectivity index (χ0n) is 11.3. The molecule has 1 aliphatic rings. The number of carbonyl (C=O) groups is 2. The number of hydrogen-bond donors (Lipinski definition) is 1. The highest BCUT2D eigenvalue weighted by Crippen LogP contribution is 2.16. The Hall–Kier alpha value is -1.18. The Balaban J connectivity index is 2.01. The lowest BCUT2D eigenvalue weighted by Gasteiger charge is -2.15. The van der Waals surface area contributed by atoms with Gasteiger partial charge in [0.15, 0.2) is 0 Å². The van der Waals surface area contributed by atoms with Crippen molar-refractivity contribution in [3.8, 4) is 0 Å². The zero-order valence-corrected chi connectivity index (χ0v) is 11.3. The molecule has 2 amide bonds. The van der Waals surface area contributed by atoms with Crippen LogP contribution in [0.2, 0.25) is 0 Å². The van der Waals surface area contributed by atoms with E-state index >= 15 is 0 Å². The van der Waals surface area contributed by atoms with Crippen molar-refractivity contribution in [3.63, 3.8) is 0 Å². The first-order valence-corrected chi connectivity index (χ1v) is 6.36. The first kappa shape index (κ1) is 15.9. The van der Waals surface area contributed by atoms with E-state index in [-0.39, 0.29) is 18.2 Å². The second-order valence-corrected chi connectivity index (χ2v) is 4.36. The van der Waals surface area contributed by atoms with Gasteiger partial charge in [-0.05, 0) is 0 Å². The molecule has 1 rings (SSSR count). The largest absolute Gasteiger partial charge is 0.382 e. The number of nitrogens with zero attached hydrogens (tertiary/aromatic N) is 1. The molecule has 19 heavy (non-hydrogen) atoms. The molecule has 1 atom stereocenters. The number of primary amides is 1. The van der Waals surface area contributed by atoms with Gasteiger partial charge in [0.25, 0.3) is 0 Å². The van der Waals surface area contributed by atoms with Crippen LogP contribution in [-0.4, -0.2) is 69.9 Å². The Morgan fingerprint density at radius 1 is 1.26 bits per heavy atom. The molecule has 0 spiro atoms. The Morgan fingerprint density at radius 2 is 1.89 bits per heavy atom. The van der Waals surface area contributed by atoms with Gasteiger partial charge in [0, 0.05) is 26.6 Å². The van der Waals surface area contributed by atoms with Gasteiger partial charge < -0.3 is 24.8 Å². The lowest BCUT2D eigenvalue weighted by molar-refractivity contribution is -0.129. The van der Waals surface area contributed by atoms with Crippen LogP contribution in [0.1, 0.15) is 6.42 Å². The molecular formula is C12H22N2O5. The molecule has 7 nitrogen and oxygen atoms in total. The minimum atomic E-state index is -0.414. The third-order valence-electron chi connectivity index (χ3n) is 2.93. The maximum atomic E-state index is 11.6. The van der Waals surface area contributed by atoms with E-state index in [1.54, 1.807) is 12.0 Å². The van der Waals surface area contributed by atoms with Crippen LogP contribution in [0.25, 0.3) is 0 Å². The van der Waals surface area contributed by atoms with E-state index in [1.807, 2.05) is 0 Å². The van der Waals surface area contributed by atoms with E-state index < -0.39 is 5.91 Å². The second kappa shape index (κ2) is 8.84. The van der Waals surface area contributed by atoms with Crippen molar-refractivity contribution >= 4 is 11.8 Å². The number of rotatable bonds is 10. The Bertz CT molecular complexity index is 298. The van der Waals surface area contributed by atoms with Gasteiger partial charge in [0.05, 0.1) is 39.0 Å². The highest BCUT2D eigenvalue weighted by molar-refractivity contribution is 5.88. The normalized spacial score (nSPS) is 19.1. The Labute approximate surface area is 113 Å². The van der Waals surface area contributed by atoms with Gasteiger partial charge >= 0.3 is 0 Å². The van der Waals surface area contributed by atoms with Crippen LogP contribution in [-0.2, 0) is 23.8 Å². The fraction of sp³-hybridized carbons (Fsp3) is 0.833. The van der Waals surface area contributed by atoms with Crippen molar-refractivity contribution in [1.82, 2.24) is 4.90 Å². The van der Waals surface area contributed by atoms with Crippen molar-refractivity contribution in [2.45, 2.75) is 6.42 Å². The standard InChI is InChI=1S/C12H22N2O5/c1-17-4-5-19-7-6-18-3-2-14-9-10(12(13)16)8-11(14)15/h10H,2-9H2,1H3,(H2,13,16). The summed E-state index contributed by atoms with van der Waals surface area (Å²) < 4.78 is 15.4. The summed E-state index contributed by atoms with van der Waals surface area (Å²) in [4.78, 5) is 24.1. The quantitative estimate of drug-likeness (QED) is 0.516. The molecule has 0 aromatic heterocycles. The molecule has 1 heterocycles. The molecular weight excluding hydrogens is 252 g/mol. The van der Waals surface area contributed by atoms with Gasteiger partial charge in [-0.2, -0.15) is 0 Å². The molecule has 1 saturated heterocycles. The third kappa shape index (κ3) is 6.00. The lowest BCUT2D eigenvalue weighted by Crippen LogP contribution is -2.31. The van der Waals surface area contributed by atoms with Gasteiger partial charge in [-0.1, -0.05) is 0 Å². The van der Waals surface area contributed by atoms with E-state index in [0.717, 1.165) is 0 Å². The van der Waals surface area contributed by atoms with Crippen LogP contribution in [0.4, 0.5) is 0 Å². The molecule has 0 saturated carbocycles. The summed E-state index contributed by atoms with van der Waals surface area (Å²) >= 11 is 0. The average molecular weight is 274 g/mol. The molecule has 0 bridgehead atoms. The van der Waals surface area contributed by atoms with E-state index in [0.29, 0.717) is 46.1 Å². The maximum absolute atomic E-state index is 11.6. The van der Waals surface area contributed by atoms with E-state index in [9.17, 15) is 9.59 Å². The maximum Gasteiger partial charge on any atom is 0.223 e. The minimum absolute atomic E-state index is 0.0382. The molecule has 1 fully saturated rings. The summed E-state index contributed by atoms with van der Waals surface area (Å²) in [5, 5.41) is 0. The van der Waals surface area contributed by atoms with Crippen LogP contribution in [0.5, 0.6) is 0 Å². The Morgan fingerprint density at radius 3 is 2.47 bits per heavy atom. The average Bonchev–Trinajstić information content (AvgIpc) is 2.74. The topological polar surface area (TPSA) is 91.1 Å². The fourth-order valence-corrected chi connectivity index (χ4v) is 1.82. The molecule has 7 heteroatoms. The SMILES string of the molecule is COCCOCCOCCN1CC(C(N)=O)CC1=O. The van der Waals surface area contributed by atoms with Gasteiger partial charge in [0.2, 0.25) is 11.8 Å². The van der Waals surface area contributed by atoms with Crippen LogP contribution < -0.4 is 5.73 Å². The van der Waals surface area contributed by atoms with E-state index in [2.05, 4.69) is 0 Å². The molecule has 1 aliphatic heterocycles. The van der Waals surface area contributed by atoms with Gasteiger partial charge in [-0.3, -0.25) is 9.59 Å². The van der Waals surface area contributed by atoms with Crippen LogP contribution in [0.15, 0.2) is 0 Å². The Kier molecular flexibility index (Phi) is 7.39. The van der Waals surface area contributed by atoms with Gasteiger partial charge in [-0.25, -0.2) is 0 Å². The number of hydrogen-bond acceptors (Lipinski definition) is 5. The molecule has 0 aliphatic carbocycles. The molecule has 110 valence electrons. The predicted molar refractivity (Wildman–Crippen MR) is 67.4 cm³/mol. The third-order valence-corrected chi connectivity index (χ3v) is 2.93. The number of likely N-dealkylation sites (tertiary alicyclic amines) is 1. The second-order valence-electron chi connectivity index (χ2n) is 4.36. The number of amides is 2. The molecule has 1 unspecified atom stereocenters. The summed E-state index contributed by atoms with van der Waals surface area (Å²) in [6.07, 6.45) is 0.218. The molecule has 0 radical (unpaired) electrons. The van der Waals surface area contributed by atoms with E-state index in [1.165, 1.54) is 0 Å². The summed E-state index contributed by atoms with van der Waals surface area (Å²) in [5.74, 6) is -0.808. The monoisotopic (exact) mass is 274 g/mol. The lowest BCUT2D eigenvalue weighted by atomic mass is 10.1. The number of nitrogens with two attached hydrogens (primary N) is 1. The first-order chi connectivity index (χ1) is 9.15. The van der Waals surface area contributed by atoms with Crippen LogP contribution >= 0.6 is 0 Å². The number of carbonyl (C=O) groups excluding carboxylic acids is 2. The minimum Gasteiger partial charge on any atom is -0.382 e. The molecule has 2 N–H and O–H groups in total. The van der Waals surface area contributed by atoms with Crippen molar-refractivity contribution in [2.75, 3.05) is 53.2 Å². The van der Waals surface area contributed by atoms with Crippen molar-refractivity contribution in [3.05, 3.63) is 0 Å². The van der Waals surface area contributed by atoms with Gasteiger partial charge in [0.1, 0.15) is 0 Å². The fourth-order valence-electron chi connectivity index (χ4n) is 1.82. The first-order valence-electron chi connectivity index (χ1n) is 6.36. The summed E-state index contributed by atoms with van der Waals surface area (Å²) in [6.45, 7) is 3.42. The van der Waals surface area contributed by atoms with Crippen LogP contribution in [0.3, 0.4) is 0 Å².